The monoisotopic (exact) mass is 325 g/mol. The molecule has 3 rings (SSSR count). The van der Waals surface area contributed by atoms with Crippen molar-refractivity contribution in [3.63, 3.8) is 0 Å². The molecule has 0 saturated carbocycles. The minimum Gasteiger partial charge on any atom is -0.486 e. The molecule has 0 aliphatic carbocycles. The third-order valence-electron chi connectivity index (χ3n) is 4.29. The van der Waals surface area contributed by atoms with Crippen LogP contribution < -0.4 is 14.4 Å². The number of amides is 1. The molecular weight excluding hydrogens is 302 g/mol. The second-order valence-electron chi connectivity index (χ2n) is 6.18. The van der Waals surface area contributed by atoms with E-state index >= 15 is 0 Å². The van der Waals surface area contributed by atoms with E-state index in [1.54, 1.807) is 4.90 Å². The second kappa shape index (κ2) is 6.95. The molecule has 24 heavy (non-hydrogen) atoms. The summed E-state index contributed by atoms with van der Waals surface area (Å²) in [5, 5.41) is 0. The number of aryl methyl sites for hydroxylation is 2. The zero-order valence-electron chi connectivity index (χ0n) is 14.4. The van der Waals surface area contributed by atoms with E-state index < -0.39 is 0 Å². The van der Waals surface area contributed by atoms with Crippen LogP contribution in [0, 0.1) is 13.8 Å². The summed E-state index contributed by atoms with van der Waals surface area (Å²) in [6, 6.07) is 13.7. The summed E-state index contributed by atoms with van der Waals surface area (Å²) in [6.45, 7) is 6.64. The molecular formula is C20H23NO3. The van der Waals surface area contributed by atoms with E-state index in [1.807, 2.05) is 56.3 Å². The van der Waals surface area contributed by atoms with E-state index in [4.69, 9.17) is 9.47 Å². The molecule has 1 heterocycles. The second-order valence-corrected chi connectivity index (χ2v) is 6.18. The van der Waals surface area contributed by atoms with Crippen LogP contribution in [0.15, 0.2) is 42.5 Å². The van der Waals surface area contributed by atoms with Gasteiger partial charge in [0.25, 0.3) is 5.91 Å². The van der Waals surface area contributed by atoms with Crippen LogP contribution in [-0.4, -0.2) is 25.2 Å². The van der Waals surface area contributed by atoms with Crippen LogP contribution in [0.5, 0.6) is 11.5 Å². The molecule has 4 nitrogen and oxygen atoms in total. The number of carbonyl (C=O) groups excluding carboxylic acids is 1. The summed E-state index contributed by atoms with van der Waals surface area (Å²) >= 11 is 0. The molecule has 0 radical (unpaired) electrons. The predicted octanol–water partition coefficient (Wildman–Crippen LogP) is 3.89. The van der Waals surface area contributed by atoms with Gasteiger partial charge in [0.1, 0.15) is 17.6 Å². The first-order valence-corrected chi connectivity index (χ1v) is 8.34. The maximum absolute atomic E-state index is 12.7. The molecule has 1 unspecified atom stereocenters. The number of benzene rings is 2. The highest BCUT2D eigenvalue weighted by atomic mass is 16.5. The van der Waals surface area contributed by atoms with Crippen molar-refractivity contribution in [3.05, 3.63) is 53.6 Å². The Labute approximate surface area is 143 Å². The van der Waals surface area contributed by atoms with Gasteiger partial charge in [-0.25, -0.2) is 0 Å². The maximum atomic E-state index is 12.7. The predicted molar refractivity (Wildman–Crippen MR) is 94.9 cm³/mol. The van der Waals surface area contributed by atoms with Gasteiger partial charge in [-0.1, -0.05) is 31.2 Å². The van der Waals surface area contributed by atoms with E-state index in [1.165, 1.54) is 0 Å². The minimum atomic E-state index is -0.0508. The van der Waals surface area contributed by atoms with Crippen LogP contribution in [0.1, 0.15) is 24.5 Å². The van der Waals surface area contributed by atoms with Gasteiger partial charge >= 0.3 is 0 Å². The molecule has 0 N–H and O–H groups in total. The van der Waals surface area contributed by atoms with Crippen molar-refractivity contribution >= 4 is 11.6 Å². The van der Waals surface area contributed by atoms with Crippen molar-refractivity contribution in [1.82, 2.24) is 0 Å². The van der Waals surface area contributed by atoms with Crippen LogP contribution in [0.3, 0.4) is 0 Å². The Kier molecular flexibility index (Phi) is 4.74. The van der Waals surface area contributed by atoms with Gasteiger partial charge in [-0.15, -0.1) is 0 Å². The Bertz CT molecular complexity index is 741. The number of para-hydroxylation sites is 2. The minimum absolute atomic E-state index is 0.0181. The van der Waals surface area contributed by atoms with Gasteiger partial charge in [-0.2, -0.15) is 0 Å². The van der Waals surface area contributed by atoms with Crippen LogP contribution >= 0.6 is 0 Å². The van der Waals surface area contributed by atoms with Crippen LogP contribution in [0.25, 0.3) is 0 Å². The highest BCUT2D eigenvalue weighted by Crippen LogP contribution is 2.33. The smallest absolute Gasteiger partial charge is 0.265 e. The molecule has 1 aliphatic rings. The van der Waals surface area contributed by atoms with Gasteiger partial charge in [0.2, 0.25) is 0 Å². The highest BCUT2D eigenvalue weighted by Gasteiger charge is 2.28. The van der Waals surface area contributed by atoms with Crippen molar-refractivity contribution in [2.75, 3.05) is 18.1 Å². The van der Waals surface area contributed by atoms with Crippen molar-refractivity contribution in [2.45, 2.75) is 33.3 Å². The molecule has 0 aromatic heterocycles. The van der Waals surface area contributed by atoms with E-state index in [0.29, 0.717) is 6.54 Å². The molecule has 1 amide bonds. The molecule has 0 bridgehead atoms. The zero-order valence-corrected chi connectivity index (χ0v) is 14.4. The van der Waals surface area contributed by atoms with Crippen molar-refractivity contribution in [1.29, 1.82) is 0 Å². The summed E-state index contributed by atoms with van der Waals surface area (Å²) in [6.07, 6.45) is 0.875. The molecule has 0 saturated heterocycles. The number of fused-ring (bicyclic) bond motifs is 1. The van der Waals surface area contributed by atoms with Gasteiger partial charge in [-0.3, -0.25) is 4.79 Å². The summed E-state index contributed by atoms with van der Waals surface area (Å²) in [7, 11) is 0. The molecule has 2 aromatic rings. The lowest BCUT2D eigenvalue weighted by Crippen LogP contribution is -2.45. The van der Waals surface area contributed by atoms with Gasteiger partial charge in [0, 0.05) is 0 Å². The summed E-state index contributed by atoms with van der Waals surface area (Å²) < 4.78 is 11.7. The van der Waals surface area contributed by atoms with Crippen molar-refractivity contribution in [3.8, 4) is 11.5 Å². The molecule has 0 fully saturated rings. The average molecular weight is 325 g/mol. The van der Waals surface area contributed by atoms with Crippen LogP contribution in [0.4, 0.5) is 5.69 Å². The standard InChI is InChI=1S/C20H23NO3/c1-4-16-12-21(17-7-5-6-8-18(17)24-16)20(22)13-23-19-11-14(2)9-10-15(19)3/h5-11,16H,4,12-13H2,1-3H3. The molecule has 1 aliphatic heterocycles. The Hall–Kier alpha value is -2.49. The van der Waals surface area contributed by atoms with E-state index in [-0.39, 0.29) is 18.6 Å². The summed E-state index contributed by atoms with van der Waals surface area (Å²) in [5.41, 5.74) is 2.96. The number of hydrogen-bond acceptors (Lipinski definition) is 3. The molecule has 2 aromatic carbocycles. The first-order valence-electron chi connectivity index (χ1n) is 8.34. The van der Waals surface area contributed by atoms with Crippen LogP contribution in [-0.2, 0) is 4.79 Å². The number of carbonyl (C=O) groups is 1. The Morgan fingerprint density at radius 3 is 2.83 bits per heavy atom. The fourth-order valence-electron chi connectivity index (χ4n) is 2.83. The SMILES string of the molecule is CCC1CN(C(=O)COc2cc(C)ccc2C)c2ccccc2O1. The largest absolute Gasteiger partial charge is 0.486 e. The van der Waals surface area contributed by atoms with Gasteiger partial charge < -0.3 is 14.4 Å². The zero-order chi connectivity index (χ0) is 17.1. The summed E-state index contributed by atoms with van der Waals surface area (Å²) in [5.74, 6) is 1.47. The molecule has 1 atom stereocenters. The van der Waals surface area contributed by atoms with Crippen molar-refractivity contribution in [2.24, 2.45) is 0 Å². The molecule has 4 heteroatoms. The third kappa shape index (κ3) is 3.37. The normalized spacial score (nSPS) is 16.3. The fraction of sp³-hybridized carbons (Fsp3) is 0.350. The topological polar surface area (TPSA) is 38.8 Å². The lowest BCUT2D eigenvalue weighted by molar-refractivity contribution is -0.121. The quantitative estimate of drug-likeness (QED) is 0.856. The first kappa shape index (κ1) is 16.4. The average Bonchev–Trinajstić information content (AvgIpc) is 2.61. The van der Waals surface area contributed by atoms with E-state index in [0.717, 1.165) is 34.7 Å². The van der Waals surface area contributed by atoms with E-state index in [2.05, 4.69) is 6.92 Å². The van der Waals surface area contributed by atoms with Gasteiger partial charge in [0.15, 0.2) is 6.61 Å². The maximum Gasteiger partial charge on any atom is 0.265 e. The number of rotatable bonds is 4. The number of ether oxygens (including phenoxy) is 2. The fourth-order valence-corrected chi connectivity index (χ4v) is 2.83. The number of nitrogens with zero attached hydrogens (tertiary/aromatic N) is 1. The molecule has 0 spiro atoms. The van der Waals surface area contributed by atoms with Crippen molar-refractivity contribution < 1.29 is 14.3 Å². The Morgan fingerprint density at radius 2 is 2.04 bits per heavy atom. The van der Waals surface area contributed by atoms with E-state index in [9.17, 15) is 4.79 Å². The Morgan fingerprint density at radius 1 is 1.25 bits per heavy atom. The number of hydrogen-bond donors (Lipinski definition) is 0. The lowest BCUT2D eigenvalue weighted by Gasteiger charge is -2.34. The van der Waals surface area contributed by atoms with Gasteiger partial charge in [-0.05, 0) is 49.6 Å². The number of anilines is 1. The molecule has 126 valence electrons. The van der Waals surface area contributed by atoms with Crippen LogP contribution in [0.2, 0.25) is 0 Å². The lowest BCUT2D eigenvalue weighted by atomic mass is 10.1. The Balaban J connectivity index is 1.76. The third-order valence-corrected chi connectivity index (χ3v) is 4.29. The first-order chi connectivity index (χ1) is 11.6. The highest BCUT2D eigenvalue weighted by molar-refractivity contribution is 5.96. The van der Waals surface area contributed by atoms with Gasteiger partial charge in [0.05, 0.1) is 12.2 Å². The summed E-state index contributed by atoms with van der Waals surface area (Å²) in [4.78, 5) is 14.5.